The van der Waals surface area contributed by atoms with E-state index < -0.39 is 9.84 Å². The van der Waals surface area contributed by atoms with Crippen LogP contribution in [0.1, 0.15) is 17.1 Å². The molecule has 2 heterocycles. The molecular formula is C12H20N4O2S2. The van der Waals surface area contributed by atoms with Crippen LogP contribution in [0.5, 0.6) is 0 Å². The van der Waals surface area contributed by atoms with Crippen molar-refractivity contribution in [1.29, 1.82) is 0 Å². The van der Waals surface area contributed by atoms with Gasteiger partial charge >= 0.3 is 0 Å². The standard InChI is InChI=1S/C12H20N4O2S2/c1-9-15-10(7-19-9)3-5-14-12(13-2)16-11-4-6-20(17,18)8-11/h7,11H,3-6,8H2,1-2H3,(H2,13,14,16). The molecule has 0 aliphatic carbocycles. The van der Waals surface area contributed by atoms with E-state index in [-0.39, 0.29) is 17.5 Å². The molecule has 8 heteroatoms. The largest absolute Gasteiger partial charge is 0.356 e. The lowest BCUT2D eigenvalue weighted by Gasteiger charge is -2.15. The number of guanidine groups is 1. The topological polar surface area (TPSA) is 83.4 Å². The van der Waals surface area contributed by atoms with Crippen molar-refractivity contribution >= 4 is 27.1 Å². The second-order valence-corrected chi connectivity index (χ2v) is 8.14. The second-order valence-electron chi connectivity index (χ2n) is 4.85. The molecule has 112 valence electrons. The van der Waals surface area contributed by atoms with Gasteiger partial charge in [0, 0.05) is 31.4 Å². The Morgan fingerprint density at radius 1 is 1.60 bits per heavy atom. The summed E-state index contributed by atoms with van der Waals surface area (Å²) >= 11 is 1.64. The minimum atomic E-state index is -2.86. The number of thiazole rings is 1. The fourth-order valence-electron chi connectivity index (χ4n) is 2.13. The molecule has 0 amide bonds. The molecule has 6 nitrogen and oxygen atoms in total. The molecule has 0 spiro atoms. The summed E-state index contributed by atoms with van der Waals surface area (Å²) in [5, 5.41) is 9.47. The highest BCUT2D eigenvalue weighted by Gasteiger charge is 2.28. The van der Waals surface area contributed by atoms with Gasteiger partial charge in [-0.15, -0.1) is 11.3 Å². The Hall–Kier alpha value is -1.15. The minimum absolute atomic E-state index is 0.0345. The van der Waals surface area contributed by atoms with E-state index in [4.69, 9.17) is 0 Å². The molecule has 0 radical (unpaired) electrons. The van der Waals surface area contributed by atoms with Crippen molar-refractivity contribution in [3.8, 4) is 0 Å². The van der Waals surface area contributed by atoms with Crippen LogP contribution in [0, 0.1) is 6.92 Å². The minimum Gasteiger partial charge on any atom is -0.356 e. The lowest BCUT2D eigenvalue weighted by atomic mass is 10.3. The Balaban J connectivity index is 1.76. The van der Waals surface area contributed by atoms with Gasteiger partial charge in [0.2, 0.25) is 0 Å². The van der Waals surface area contributed by atoms with E-state index >= 15 is 0 Å². The van der Waals surface area contributed by atoms with E-state index in [1.165, 1.54) is 0 Å². The van der Waals surface area contributed by atoms with E-state index in [1.807, 2.05) is 6.92 Å². The van der Waals surface area contributed by atoms with E-state index in [9.17, 15) is 8.42 Å². The van der Waals surface area contributed by atoms with Crippen molar-refractivity contribution in [2.45, 2.75) is 25.8 Å². The zero-order valence-electron chi connectivity index (χ0n) is 11.7. The van der Waals surface area contributed by atoms with Gasteiger partial charge in [-0.3, -0.25) is 4.99 Å². The summed E-state index contributed by atoms with van der Waals surface area (Å²) in [4.78, 5) is 8.51. The van der Waals surface area contributed by atoms with Crippen LogP contribution >= 0.6 is 11.3 Å². The van der Waals surface area contributed by atoms with Crippen LogP contribution in [-0.4, -0.2) is 50.5 Å². The van der Waals surface area contributed by atoms with Gasteiger partial charge in [0.1, 0.15) is 0 Å². The summed E-state index contributed by atoms with van der Waals surface area (Å²) in [6.07, 6.45) is 1.47. The molecule has 1 unspecified atom stereocenters. The SMILES string of the molecule is CN=C(NCCc1csc(C)n1)NC1CCS(=O)(=O)C1. The molecule has 1 aliphatic rings. The van der Waals surface area contributed by atoms with Crippen LogP contribution in [0.3, 0.4) is 0 Å². The van der Waals surface area contributed by atoms with Gasteiger partial charge in [-0.05, 0) is 13.3 Å². The van der Waals surface area contributed by atoms with Crippen molar-refractivity contribution in [3.05, 3.63) is 16.1 Å². The van der Waals surface area contributed by atoms with Crippen LogP contribution in [-0.2, 0) is 16.3 Å². The maximum absolute atomic E-state index is 11.4. The predicted molar refractivity (Wildman–Crippen MR) is 82.1 cm³/mol. The fourth-order valence-corrected chi connectivity index (χ4v) is 4.45. The first-order valence-corrected chi connectivity index (χ1v) is 9.27. The fraction of sp³-hybridized carbons (Fsp3) is 0.667. The van der Waals surface area contributed by atoms with Crippen LogP contribution in [0.2, 0.25) is 0 Å². The number of aromatic nitrogens is 1. The summed E-state index contributed by atoms with van der Waals surface area (Å²) in [6.45, 7) is 2.71. The number of aryl methyl sites for hydroxylation is 1. The van der Waals surface area contributed by atoms with Gasteiger partial charge in [0.15, 0.2) is 15.8 Å². The van der Waals surface area contributed by atoms with Crippen molar-refractivity contribution in [2.24, 2.45) is 4.99 Å². The van der Waals surface area contributed by atoms with Gasteiger partial charge in [0.05, 0.1) is 22.2 Å². The predicted octanol–water partition coefficient (Wildman–Crippen LogP) is 0.346. The first kappa shape index (κ1) is 15.2. The molecule has 1 atom stereocenters. The van der Waals surface area contributed by atoms with Crippen molar-refractivity contribution in [1.82, 2.24) is 15.6 Å². The lowest BCUT2D eigenvalue weighted by Crippen LogP contribution is -2.44. The zero-order chi connectivity index (χ0) is 14.6. The summed E-state index contributed by atoms with van der Waals surface area (Å²) in [5.41, 5.74) is 1.07. The van der Waals surface area contributed by atoms with Gasteiger partial charge in [-0.2, -0.15) is 0 Å². The zero-order valence-corrected chi connectivity index (χ0v) is 13.4. The summed E-state index contributed by atoms with van der Waals surface area (Å²) in [6, 6.07) is -0.0345. The third kappa shape index (κ3) is 4.45. The number of hydrogen-bond acceptors (Lipinski definition) is 5. The monoisotopic (exact) mass is 316 g/mol. The second kappa shape index (κ2) is 6.53. The number of aliphatic imine (C=N–C) groups is 1. The molecule has 1 fully saturated rings. The van der Waals surface area contributed by atoms with Crippen molar-refractivity contribution in [3.63, 3.8) is 0 Å². The Bertz CT molecular complexity index is 580. The van der Waals surface area contributed by atoms with Crippen LogP contribution in [0.25, 0.3) is 0 Å². The summed E-state index contributed by atoms with van der Waals surface area (Å²) in [7, 11) is -1.18. The van der Waals surface area contributed by atoms with E-state index in [1.54, 1.807) is 18.4 Å². The van der Waals surface area contributed by atoms with Crippen LogP contribution < -0.4 is 10.6 Å². The Labute approximate surface area is 123 Å². The number of rotatable bonds is 4. The Kier molecular flexibility index (Phi) is 4.98. The van der Waals surface area contributed by atoms with E-state index in [0.717, 1.165) is 23.7 Å². The number of nitrogens with one attached hydrogen (secondary N) is 2. The molecule has 1 aromatic heterocycles. The Morgan fingerprint density at radius 3 is 2.95 bits per heavy atom. The lowest BCUT2D eigenvalue weighted by molar-refractivity contribution is 0.599. The highest BCUT2D eigenvalue weighted by atomic mass is 32.2. The van der Waals surface area contributed by atoms with E-state index in [2.05, 4.69) is 26.0 Å². The molecule has 0 bridgehead atoms. The normalized spacial score (nSPS) is 21.9. The molecule has 2 rings (SSSR count). The summed E-state index contributed by atoms with van der Waals surface area (Å²) in [5.74, 6) is 1.11. The van der Waals surface area contributed by atoms with Crippen LogP contribution in [0.4, 0.5) is 0 Å². The molecule has 2 N–H and O–H groups in total. The number of hydrogen-bond donors (Lipinski definition) is 2. The molecule has 0 saturated carbocycles. The van der Waals surface area contributed by atoms with Gasteiger partial charge in [0.25, 0.3) is 0 Å². The average molecular weight is 316 g/mol. The van der Waals surface area contributed by atoms with Crippen molar-refractivity contribution in [2.75, 3.05) is 25.1 Å². The smallest absolute Gasteiger partial charge is 0.191 e. The number of nitrogens with zero attached hydrogens (tertiary/aromatic N) is 2. The Morgan fingerprint density at radius 2 is 2.40 bits per heavy atom. The third-order valence-electron chi connectivity index (χ3n) is 3.14. The van der Waals surface area contributed by atoms with Gasteiger partial charge < -0.3 is 10.6 Å². The molecule has 0 aromatic carbocycles. The highest BCUT2D eigenvalue weighted by Crippen LogP contribution is 2.11. The first-order valence-electron chi connectivity index (χ1n) is 6.57. The third-order valence-corrected chi connectivity index (χ3v) is 5.73. The van der Waals surface area contributed by atoms with E-state index in [0.29, 0.717) is 12.4 Å². The average Bonchev–Trinajstić information content (AvgIpc) is 2.94. The maximum atomic E-state index is 11.4. The molecule has 1 aliphatic heterocycles. The van der Waals surface area contributed by atoms with Gasteiger partial charge in [-0.25, -0.2) is 13.4 Å². The molecule has 1 aromatic rings. The van der Waals surface area contributed by atoms with Crippen molar-refractivity contribution < 1.29 is 8.42 Å². The quantitative estimate of drug-likeness (QED) is 0.618. The van der Waals surface area contributed by atoms with Crippen LogP contribution in [0.15, 0.2) is 10.4 Å². The summed E-state index contributed by atoms with van der Waals surface area (Å²) < 4.78 is 22.8. The molecule has 1 saturated heterocycles. The first-order chi connectivity index (χ1) is 9.48. The highest BCUT2D eigenvalue weighted by molar-refractivity contribution is 7.91. The maximum Gasteiger partial charge on any atom is 0.191 e. The number of sulfone groups is 1. The molecule has 20 heavy (non-hydrogen) atoms. The molecular weight excluding hydrogens is 296 g/mol. The van der Waals surface area contributed by atoms with Gasteiger partial charge in [-0.1, -0.05) is 0 Å².